The average molecular weight is 492 g/mol. The highest BCUT2D eigenvalue weighted by atomic mass is 32.1. The number of benzene rings is 1. The van der Waals surface area contributed by atoms with E-state index < -0.39 is 0 Å². The van der Waals surface area contributed by atoms with Gasteiger partial charge in [-0.2, -0.15) is 0 Å². The van der Waals surface area contributed by atoms with E-state index in [0.717, 1.165) is 72.9 Å². The van der Waals surface area contributed by atoms with E-state index in [9.17, 15) is 4.79 Å². The lowest BCUT2D eigenvalue weighted by molar-refractivity contribution is 0.0927. The predicted octanol–water partition coefficient (Wildman–Crippen LogP) is 4.96. The summed E-state index contributed by atoms with van der Waals surface area (Å²) in [6, 6.07) is 10.8. The standard InChI is InChI=1S/C28H33N3O3S/c1-16(2)34-25-13-21-17(11-24(25)33-3)6-7-31-23(12-22(27(21)31)26-5-4-8-35-26)28(32)30-20-9-18-14-29-15-19(18)10-20/h4-5,8,11-13,16,18-20,29H,6-7,9-10,14-15H2,1-3H3,(H,30,32). The van der Waals surface area contributed by atoms with Crippen LogP contribution in [0, 0.1) is 11.8 Å². The molecule has 1 amide bonds. The summed E-state index contributed by atoms with van der Waals surface area (Å²) < 4.78 is 14.0. The summed E-state index contributed by atoms with van der Waals surface area (Å²) in [5, 5.41) is 8.96. The second-order valence-electron chi connectivity index (χ2n) is 10.3. The third kappa shape index (κ3) is 4.04. The van der Waals surface area contributed by atoms with Gasteiger partial charge in [-0.3, -0.25) is 4.79 Å². The molecule has 35 heavy (non-hydrogen) atoms. The number of carbonyl (C=O) groups is 1. The summed E-state index contributed by atoms with van der Waals surface area (Å²) in [7, 11) is 1.69. The number of nitrogens with zero attached hydrogens (tertiary/aromatic N) is 1. The number of carbonyl (C=O) groups excluding carboxylic acids is 1. The van der Waals surface area contributed by atoms with Gasteiger partial charge in [0.1, 0.15) is 5.69 Å². The van der Waals surface area contributed by atoms with Crippen LogP contribution in [-0.4, -0.2) is 42.8 Å². The van der Waals surface area contributed by atoms with Crippen molar-refractivity contribution < 1.29 is 14.3 Å². The Morgan fingerprint density at radius 3 is 2.63 bits per heavy atom. The molecule has 2 atom stereocenters. The highest BCUT2D eigenvalue weighted by Gasteiger charge is 2.38. The van der Waals surface area contributed by atoms with Gasteiger partial charge in [0.15, 0.2) is 11.5 Å². The molecule has 4 heterocycles. The molecule has 1 aromatic carbocycles. The van der Waals surface area contributed by atoms with Gasteiger partial charge in [0.25, 0.3) is 5.91 Å². The quantitative estimate of drug-likeness (QED) is 0.511. The van der Waals surface area contributed by atoms with Gasteiger partial charge >= 0.3 is 0 Å². The zero-order valence-electron chi connectivity index (χ0n) is 20.6. The molecule has 2 fully saturated rings. The number of thiophene rings is 1. The van der Waals surface area contributed by atoms with Crippen molar-refractivity contribution in [1.29, 1.82) is 0 Å². The first-order chi connectivity index (χ1) is 17.0. The molecule has 2 N–H and O–H groups in total. The van der Waals surface area contributed by atoms with Crippen molar-refractivity contribution in [2.24, 2.45) is 11.8 Å². The molecule has 6 nitrogen and oxygen atoms in total. The first-order valence-electron chi connectivity index (χ1n) is 12.7. The van der Waals surface area contributed by atoms with E-state index in [1.807, 2.05) is 13.8 Å². The summed E-state index contributed by atoms with van der Waals surface area (Å²) in [5.74, 6) is 2.94. The summed E-state index contributed by atoms with van der Waals surface area (Å²) in [4.78, 5) is 14.8. The summed E-state index contributed by atoms with van der Waals surface area (Å²) in [6.07, 6.45) is 3.04. The van der Waals surface area contributed by atoms with Crippen LogP contribution in [0.2, 0.25) is 0 Å². The molecule has 3 aromatic rings. The molecule has 1 saturated carbocycles. The lowest BCUT2D eigenvalue weighted by atomic mass is 9.95. The molecule has 1 saturated heterocycles. The van der Waals surface area contributed by atoms with Crippen molar-refractivity contribution >= 4 is 17.2 Å². The molecule has 0 radical (unpaired) electrons. The number of ether oxygens (including phenoxy) is 2. The Balaban J connectivity index is 1.40. The van der Waals surface area contributed by atoms with E-state index in [4.69, 9.17) is 9.47 Å². The highest BCUT2D eigenvalue weighted by Crippen LogP contribution is 2.45. The Labute approximate surface area is 210 Å². The molecule has 2 aromatic heterocycles. The van der Waals surface area contributed by atoms with E-state index in [0.29, 0.717) is 11.8 Å². The predicted molar refractivity (Wildman–Crippen MR) is 140 cm³/mol. The number of fused-ring (bicyclic) bond motifs is 4. The first kappa shape index (κ1) is 22.7. The third-order valence-electron chi connectivity index (χ3n) is 7.72. The van der Waals surface area contributed by atoms with Gasteiger partial charge < -0.3 is 24.7 Å². The molecule has 6 rings (SSSR count). The fourth-order valence-electron chi connectivity index (χ4n) is 6.19. The third-order valence-corrected chi connectivity index (χ3v) is 8.62. The lowest BCUT2D eigenvalue weighted by Gasteiger charge is -2.25. The highest BCUT2D eigenvalue weighted by molar-refractivity contribution is 7.13. The van der Waals surface area contributed by atoms with Crippen LogP contribution in [0.25, 0.3) is 21.7 Å². The van der Waals surface area contributed by atoms with E-state index in [2.05, 4.69) is 50.9 Å². The molecule has 7 heteroatoms. The number of nitrogens with one attached hydrogen (secondary N) is 2. The van der Waals surface area contributed by atoms with E-state index in [1.165, 1.54) is 10.4 Å². The van der Waals surface area contributed by atoms with Crippen LogP contribution in [-0.2, 0) is 13.0 Å². The topological polar surface area (TPSA) is 64.5 Å². The van der Waals surface area contributed by atoms with Gasteiger partial charge in [-0.05, 0) is 93.2 Å². The molecular weight excluding hydrogens is 458 g/mol. The molecular formula is C28H33N3O3S. The molecule has 2 unspecified atom stereocenters. The summed E-state index contributed by atoms with van der Waals surface area (Å²) >= 11 is 1.71. The van der Waals surface area contributed by atoms with Gasteiger partial charge in [-0.1, -0.05) is 6.07 Å². The monoisotopic (exact) mass is 491 g/mol. The van der Waals surface area contributed by atoms with Crippen LogP contribution in [0.4, 0.5) is 0 Å². The van der Waals surface area contributed by atoms with Crippen LogP contribution >= 0.6 is 11.3 Å². The maximum atomic E-state index is 13.6. The van der Waals surface area contributed by atoms with Crippen molar-refractivity contribution in [3.05, 3.63) is 47.0 Å². The number of aryl methyl sites for hydroxylation is 1. The van der Waals surface area contributed by atoms with Gasteiger partial charge in [0.05, 0.1) is 18.9 Å². The van der Waals surface area contributed by atoms with Crippen molar-refractivity contribution in [3.63, 3.8) is 0 Å². The fourth-order valence-corrected chi connectivity index (χ4v) is 6.93. The van der Waals surface area contributed by atoms with Crippen LogP contribution < -0.4 is 20.1 Å². The second-order valence-corrected chi connectivity index (χ2v) is 11.3. The Hall–Kier alpha value is -2.77. The Morgan fingerprint density at radius 1 is 1.14 bits per heavy atom. The van der Waals surface area contributed by atoms with Crippen molar-refractivity contribution in [3.8, 4) is 33.2 Å². The molecule has 0 spiro atoms. The Kier molecular flexibility index (Phi) is 5.85. The summed E-state index contributed by atoms with van der Waals surface area (Å²) in [6.45, 7) is 6.98. The average Bonchev–Trinajstić information content (AvgIpc) is 3.60. The minimum Gasteiger partial charge on any atom is -0.493 e. The van der Waals surface area contributed by atoms with Crippen LogP contribution in [0.5, 0.6) is 11.5 Å². The SMILES string of the molecule is COc1cc2c(cc1OC(C)C)-c1c(-c3cccs3)cc(C(=O)NC3CC4CNCC4C3)n1CC2. The lowest BCUT2D eigenvalue weighted by Crippen LogP contribution is -2.35. The van der Waals surface area contributed by atoms with Gasteiger partial charge in [-0.15, -0.1) is 11.3 Å². The van der Waals surface area contributed by atoms with Gasteiger partial charge in [0, 0.05) is 28.6 Å². The number of aromatic nitrogens is 1. The number of rotatable bonds is 6. The second kappa shape index (κ2) is 9.03. The number of amides is 1. The maximum Gasteiger partial charge on any atom is 0.268 e. The van der Waals surface area contributed by atoms with Crippen molar-refractivity contribution in [1.82, 2.24) is 15.2 Å². The largest absolute Gasteiger partial charge is 0.493 e. The number of hydrogen-bond donors (Lipinski definition) is 2. The zero-order chi connectivity index (χ0) is 24.1. The molecule has 0 bridgehead atoms. The van der Waals surface area contributed by atoms with E-state index >= 15 is 0 Å². The fraction of sp³-hybridized carbons (Fsp3) is 0.464. The molecule has 1 aliphatic carbocycles. The minimum absolute atomic E-state index is 0.0385. The first-order valence-corrected chi connectivity index (χ1v) is 13.6. The number of methoxy groups -OCH3 is 1. The van der Waals surface area contributed by atoms with Crippen LogP contribution in [0.15, 0.2) is 35.7 Å². The molecule has 2 aliphatic heterocycles. The van der Waals surface area contributed by atoms with E-state index in [1.54, 1.807) is 18.4 Å². The Bertz CT molecular complexity index is 1230. The zero-order valence-corrected chi connectivity index (χ0v) is 21.4. The van der Waals surface area contributed by atoms with Crippen LogP contribution in [0.3, 0.4) is 0 Å². The summed E-state index contributed by atoms with van der Waals surface area (Å²) in [5.41, 5.74) is 5.31. The maximum absolute atomic E-state index is 13.6. The van der Waals surface area contributed by atoms with Crippen LogP contribution in [0.1, 0.15) is 42.7 Å². The Morgan fingerprint density at radius 2 is 1.94 bits per heavy atom. The van der Waals surface area contributed by atoms with Gasteiger partial charge in [-0.25, -0.2) is 0 Å². The van der Waals surface area contributed by atoms with E-state index in [-0.39, 0.29) is 18.1 Å². The smallest absolute Gasteiger partial charge is 0.268 e. The molecule has 3 aliphatic rings. The van der Waals surface area contributed by atoms with Crippen molar-refractivity contribution in [2.75, 3.05) is 20.2 Å². The molecule has 184 valence electrons. The normalized spacial score (nSPS) is 22.6. The number of hydrogen-bond acceptors (Lipinski definition) is 5. The van der Waals surface area contributed by atoms with Gasteiger partial charge in [0.2, 0.25) is 0 Å². The van der Waals surface area contributed by atoms with Crippen molar-refractivity contribution in [2.45, 2.75) is 51.8 Å². The minimum atomic E-state index is 0.0385.